The summed E-state index contributed by atoms with van der Waals surface area (Å²) in [5.74, 6) is 0.517. The Labute approximate surface area is 169 Å². The topological polar surface area (TPSA) is 53.4 Å². The SMILES string of the molecule is CCCn1cc(CN2CCC(N3CCC[C@@H](C(=O)NC4CC4)C3)CC2)c(C)n1. The summed E-state index contributed by atoms with van der Waals surface area (Å²) in [6.45, 7) is 10.8. The van der Waals surface area contributed by atoms with Crippen LogP contribution in [0.1, 0.15) is 63.1 Å². The van der Waals surface area contributed by atoms with E-state index in [1.54, 1.807) is 0 Å². The molecule has 156 valence electrons. The van der Waals surface area contributed by atoms with Gasteiger partial charge in [0, 0.05) is 43.5 Å². The van der Waals surface area contributed by atoms with Crippen molar-refractivity contribution in [3.05, 3.63) is 17.5 Å². The van der Waals surface area contributed by atoms with Crippen LogP contribution >= 0.6 is 0 Å². The van der Waals surface area contributed by atoms with Gasteiger partial charge in [-0.2, -0.15) is 5.10 Å². The average molecular weight is 388 g/mol. The van der Waals surface area contributed by atoms with Gasteiger partial charge in [0.15, 0.2) is 0 Å². The van der Waals surface area contributed by atoms with Gasteiger partial charge in [-0.3, -0.25) is 19.3 Å². The van der Waals surface area contributed by atoms with Crippen molar-refractivity contribution in [1.82, 2.24) is 24.9 Å². The molecule has 28 heavy (non-hydrogen) atoms. The molecule has 0 bridgehead atoms. The molecule has 4 rings (SSSR count). The summed E-state index contributed by atoms with van der Waals surface area (Å²) in [5.41, 5.74) is 2.55. The minimum absolute atomic E-state index is 0.208. The maximum absolute atomic E-state index is 12.5. The summed E-state index contributed by atoms with van der Waals surface area (Å²) >= 11 is 0. The van der Waals surface area contributed by atoms with Gasteiger partial charge >= 0.3 is 0 Å². The van der Waals surface area contributed by atoms with Crippen molar-refractivity contribution < 1.29 is 4.79 Å². The van der Waals surface area contributed by atoms with Crippen LogP contribution in [0, 0.1) is 12.8 Å². The zero-order valence-electron chi connectivity index (χ0n) is 17.7. The molecule has 2 saturated heterocycles. The van der Waals surface area contributed by atoms with Crippen molar-refractivity contribution in [2.24, 2.45) is 5.92 Å². The lowest BCUT2D eigenvalue weighted by molar-refractivity contribution is -0.127. The van der Waals surface area contributed by atoms with Gasteiger partial charge in [0.05, 0.1) is 11.6 Å². The highest BCUT2D eigenvalue weighted by Crippen LogP contribution is 2.26. The monoisotopic (exact) mass is 387 g/mol. The number of aromatic nitrogens is 2. The number of hydrogen-bond acceptors (Lipinski definition) is 4. The second-order valence-electron chi connectivity index (χ2n) is 9.13. The van der Waals surface area contributed by atoms with Gasteiger partial charge in [-0.25, -0.2) is 0 Å². The van der Waals surface area contributed by atoms with Gasteiger partial charge in [-0.1, -0.05) is 6.92 Å². The van der Waals surface area contributed by atoms with E-state index in [4.69, 9.17) is 0 Å². The number of amides is 1. The molecule has 1 aromatic rings. The number of piperidine rings is 2. The van der Waals surface area contributed by atoms with E-state index in [9.17, 15) is 4.79 Å². The highest BCUT2D eigenvalue weighted by molar-refractivity contribution is 5.79. The number of hydrogen-bond donors (Lipinski definition) is 1. The maximum Gasteiger partial charge on any atom is 0.224 e. The van der Waals surface area contributed by atoms with E-state index in [1.165, 1.54) is 49.9 Å². The molecule has 0 unspecified atom stereocenters. The molecule has 1 aliphatic carbocycles. The Balaban J connectivity index is 1.25. The standard InChI is InChI=1S/C22H37N5O/c1-3-10-27-16-19(17(2)24-27)14-25-12-8-21(9-13-25)26-11-4-5-18(15-26)22(28)23-20-6-7-20/h16,18,20-21H,3-15H2,1-2H3,(H,23,28)/t18-/m1/s1. The predicted molar refractivity (Wildman–Crippen MR) is 111 cm³/mol. The maximum atomic E-state index is 12.5. The van der Waals surface area contributed by atoms with Crippen molar-refractivity contribution in [3.63, 3.8) is 0 Å². The molecule has 3 fully saturated rings. The van der Waals surface area contributed by atoms with Crippen molar-refractivity contribution in [3.8, 4) is 0 Å². The predicted octanol–water partition coefficient (Wildman–Crippen LogP) is 2.56. The first-order valence-corrected chi connectivity index (χ1v) is 11.4. The number of carbonyl (C=O) groups is 1. The quantitative estimate of drug-likeness (QED) is 0.781. The van der Waals surface area contributed by atoms with E-state index >= 15 is 0 Å². The first-order valence-electron chi connectivity index (χ1n) is 11.4. The van der Waals surface area contributed by atoms with Gasteiger partial charge in [0.25, 0.3) is 0 Å². The van der Waals surface area contributed by atoms with Crippen LogP contribution in [0.3, 0.4) is 0 Å². The van der Waals surface area contributed by atoms with Crippen LogP contribution in [0.2, 0.25) is 0 Å². The van der Waals surface area contributed by atoms with Crippen LogP contribution in [0.15, 0.2) is 6.20 Å². The lowest BCUT2D eigenvalue weighted by atomic mass is 9.93. The average Bonchev–Trinajstić information content (AvgIpc) is 3.45. The molecule has 1 atom stereocenters. The fourth-order valence-corrected chi connectivity index (χ4v) is 4.84. The molecule has 6 heteroatoms. The third-order valence-corrected chi connectivity index (χ3v) is 6.72. The molecule has 1 N–H and O–H groups in total. The Bertz CT molecular complexity index is 660. The van der Waals surface area contributed by atoms with Crippen LogP contribution < -0.4 is 5.32 Å². The third-order valence-electron chi connectivity index (χ3n) is 6.72. The van der Waals surface area contributed by atoms with E-state index in [-0.39, 0.29) is 5.92 Å². The highest BCUT2D eigenvalue weighted by atomic mass is 16.2. The summed E-state index contributed by atoms with van der Waals surface area (Å²) in [6, 6.07) is 1.13. The molecule has 0 radical (unpaired) electrons. The van der Waals surface area contributed by atoms with Gasteiger partial charge in [0.2, 0.25) is 5.91 Å². The summed E-state index contributed by atoms with van der Waals surface area (Å²) in [7, 11) is 0. The smallest absolute Gasteiger partial charge is 0.224 e. The molecule has 6 nitrogen and oxygen atoms in total. The number of carbonyl (C=O) groups excluding carboxylic acids is 1. The van der Waals surface area contributed by atoms with Crippen molar-refractivity contribution in [2.45, 2.75) is 84.0 Å². The summed E-state index contributed by atoms with van der Waals surface area (Å²) in [5, 5.41) is 7.86. The van der Waals surface area contributed by atoms with Crippen LogP contribution in [0.5, 0.6) is 0 Å². The second kappa shape index (κ2) is 8.95. The molecule has 2 aliphatic heterocycles. The Morgan fingerprint density at radius 3 is 2.68 bits per heavy atom. The van der Waals surface area contributed by atoms with Gasteiger partial charge < -0.3 is 5.32 Å². The van der Waals surface area contributed by atoms with Gasteiger partial charge in [-0.05, 0) is 71.5 Å². The minimum Gasteiger partial charge on any atom is -0.353 e. The molecular formula is C22H37N5O. The number of likely N-dealkylation sites (tertiary alicyclic amines) is 2. The summed E-state index contributed by atoms with van der Waals surface area (Å²) < 4.78 is 2.10. The first kappa shape index (κ1) is 19.9. The Morgan fingerprint density at radius 2 is 1.96 bits per heavy atom. The Kier molecular flexibility index (Phi) is 6.36. The largest absolute Gasteiger partial charge is 0.353 e. The first-order chi connectivity index (χ1) is 13.6. The molecule has 3 heterocycles. The van der Waals surface area contributed by atoms with Crippen LogP contribution in [0.4, 0.5) is 0 Å². The Morgan fingerprint density at radius 1 is 1.18 bits per heavy atom. The third kappa shape index (κ3) is 4.95. The van der Waals surface area contributed by atoms with Crippen LogP contribution in [-0.4, -0.2) is 63.8 Å². The molecule has 3 aliphatic rings. The van der Waals surface area contributed by atoms with Crippen LogP contribution in [-0.2, 0) is 17.9 Å². The van der Waals surface area contributed by atoms with E-state index in [1.807, 2.05) is 0 Å². The lowest BCUT2D eigenvalue weighted by Gasteiger charge is -2.42. The van der Waals surface area contributed by atoms with Crippen LogP contribution in [0.25, 0.3) is 0 Å². The second-order valence-corrected chi connectivity index (χ2v) is 9.13. The van der Waals surface area contributed by atoms with E-state index in [0.29, 0.717) is 18.0 Å². The summed E-state index contributed by atoms with van der Waals surface area (Å²) in [4.78, 5) is 17.7. The van der Waals surface area contributed by atoms with Gasteiger partial charge in [0.1, 0.15) is 0 Å². The molecule has 1 amide bonds. The number of aryl methyl sites for hydroxylation is 2. The lowest BCUT2D eigenvalue weighted by Crippen LogP contribution is -2.50. The fourth-order valence-electron chi connectivity index (χ4n) is 4.84. The zero-order valence-corrected chi connectivity index (χ0v) is 17.7. The van der Waals surface area contributed by atoms with Crippen molar-refractivity contribution in [2.75, 3.05) is 26.2 Å². The van der Waals surface area contributed by atoms with Crippen molar-refractivity contribution in [1.29, 1.82) is 0 Å². The van der Waals surface area contributed by atoms with E-state index < -0.39 is 0 Å². The molecule has 0 aromatic carbocycles. The normalized spacial score (nSPS) is 25.1. The molecule has 1 saturated carbocycles. The summed E-state index contributed by atoms with van der Waals surface area (Å²) in [6.07, 6.45) is 10.4. The molecular weight excluding hydrogens is 350 g/mol. The van der Waals surface area contributed by atoms with Gasteiger partial charge in [-0.15, -0.1) is 0 Å². The number of nitrogens with one attached hydrogen (secondary N) is 1. The molecule has 1 aromatic heterocycles. The number of nitrogens with zero attached hydrogens (tertiary/aromatic N) is 4. The fraction of sp³-hybridized carbons (Fsp3) is 0.818. The zero-order chi connectivity index (χ0) is 19.5. The highest BCUT2D eigenvalue weighted by Gasteiger charge is 2.33. The minimum atomic E-state index is 0.208. The van der Waals surface area contributed by atoms with Crippen molar-refractivity contribution >= 4 is 5.91 Å². The number of rotatable bonds is 7. The van der Waals surface area contributed by atoms with E-state index in [2.05, 4.69) is 44.9 Å². The molecule has 0 spiro atoms. The Hall–Kier alpha value is -1.40. The van der Waals surface area contributed by atoms with E-state index in [0.717, 1.165) is 45.6 Å².